The van der Waals surface area contributed by atoms with E-state index in [2.05, 4.69) is 72.1 Å². The second kappa shape index (κ2) is 3.58. The zero-order valence-electron chi connectivity index (χ0n) is 11.1. The molecule has 0 fully saturated rings. The molecule has 19 heavy (non-hydrogen) atoms. The molecule has 0 aliphatic rings. The maximum Gasteiger partial charge on any atom is 0.251 e. The Kier molecular flexibility index (Phi) is 1.99. The molecule has 3 aromatic carbocycles. The van der Waals surface area contributed by atoms with Crippen molar-refractivity contribution in [3.8, 4) is 0 Å². The fourth-order valence-corrected chi connectivity index (χ4v) is 2.94. The van der Waals surface area contributed by atoms with Crippen LogP contribution in [0.3, 0.4) is 0 Å². The molecule has 4 aromatic rings. The van der Waals surface area contributed by atoms with Crippen LogP contribution in [-0.4, -0.2) is 4.98 Å². The van der Waals surface area contributed by atoms with Crippen molar-refractivity contribution in [2.24, 2.45) is 7.05 Å². The lowest BCUT2D eigenvalue weighted by Gasteiger charge is -2.03. The van der Waals surface area contributed by atoms with Crippen molar-refractivity contribution < 1.29 is 4.57 Å². The molecule has 1 heterocycles. The zero-order valence-corrected chi connectivity index (χ0v) is 11.1. The number of nitrogens with one attached hydrogen (secondary N) is 1. The number of imidazole rings is 1. The number of aryl methyl sites for hydroxylation is 2. The minimum absolute atomic E-state index is 1.18. The van der Waals surface area contributed by atoms with Gasteiger partial charge in [0.05, 0.1) is 7.05 Å². The molecule has 92 valence electrons. The quantitative estimate of drug-likeness (QED) is 0.362. The molecule has 0 saturated carbocycles. The first-order chi connectivity index (χ1) is 9.25. The summed E-state index contributed by atoms with van der Waals surface area (Å²) in [5, 5.41) is 5.21. The van der Waals surface area contributed by atoms with Gasteiger partial charge >= 0.3 is 0 Å². The minimum Gasteiger partial charge on any atom is -0.241 e. The van der Waals surface area contributed by atoms with Crippen LogP contribution in [0.2, 0.25) is 0 Å². The normalized spacial score (nSPS) is 11.7. The van der Waals surface area contributed by atoms with E-state index in [0.717, 1.165) is 0 Å². The summed E-state index contributed by atoms with van der Waals surface area (Å²) in [5.41, 5.74) is 2.48. The molecule has 0 atom stereocenters. The Hall–Kier alpha value is -2.35. The van der Waals surface area contributed by atoms with E-state index in [4.69, 9.17) is 0 Å². The van der Waals surface area contributed by atoms with Gasteiger partial charge < -0.3 is 0 Å². The van der Waals surface area contributed by atoms with Gasteiger partial charge in [-0.05, 0) is 28.3 Å². The highest BCUT2D eigenvalue weighted by molar-refractivity contribution is 6.17. The lowest BCUT2D eigenvalue weighted by molar-refractivity contribution is -0.651. The van der Waals surface area contributed by atoms with E-state index in [-0.39, 0.29) is 0 Å². The van der Waals surface area contributed by atoms with Gasteiger partial charge in [-0.25, -0.2) is 9.55 Å². The van der Waals surface area contributed by atoms with Crippen LogP contribution in [0.5, 0.6) is 0 Å². The molecule has 0 amide bonds. The number of hydrogen-bond acceptors (Lipinski definition) is 0. The van der Waals surface area contributed by atoms with Crippen molar-refractivity contribution >= 4 is 32.6 Å². The number of fused-ring (bicyclic) bond motifs is 5. The molecule has 0 unspecified atom stereocenters. The number of aromatic nitrogens is 2. The van der Waals surface area contributed by atoms with Gasteiger partial charge in [0, 0.05) is 12.3 Å². The summed E-state index contributed by atoms with van der Waals surface area (Å²) in [4.78, 5) is 3.52. The van der Waals surface area contributed by atoms with Gasteiger partial charge in [-0.1, -0.05) is 36.4 Å². The Morgan fingerprint density at radius 3 is 2.53 bits per heavy atom. The highest BCUT2D eigenvalue weighted by Crippen LogP contribution is 2.30. The van der Waals surface area contributed by atoms with Crippen molar-refractivity contribution in [1.29, 1.82) is 0 Å². The number of aromatic amines is 1. The van der Waals surface area contributed by atoms with Gasteiger partial charge in [-0.2, -0.15) is 0 Å². The van der Waals surface area contributed by atoms with Crippen LogP contribution >= 0.6 is 0 Å². The van der Waals surface area contributed by atoms with Crippen LogP contribution in [0.15, 0.2) is 48.5 Å². The third kappa shape index (κ3) is 1.34. The van der Waals surface area contributed by atoms with E-state index in [9.17, 15) is 0 Å². The third-order valence-corrected chi connectivity index (χ3v) is 4.06. The monoisotopic (exact) mass is 247 g/mol. The average molecular weight is 247 g/mol. The predicted octanol–water partition coefficient (Wildman–Crippen LogP) is 3.61. The number of benzene rings is 3. The van der Waals surface area contributed by atoms with Gasteiger partial charge in [0.15, 0.2) is 11.0 Å². The van der Waals surface area contributed by atoms with Crippen molar-refractivity contribution in [2.45, 2.75) is 6.92 Å². The minimum atomic E-state index is 1.18. The van der Waals surface area contributed by atoms with E-state index < -0.39 is 0 Å². The molecule has 4 rings (SSSR count). The van der Waals surface area contributed by atoms with Crippen molar-refractivity contribution in [3.63, 3.8) is 0 Å². The second-order valence-electron chi connectivity index (χ2n) is 5.11. The molecule has 0 radical (unpaired) electrons. The van der Waals surface area contributed by atoms with Gasteiger partial charge in [-0.15, -0.1) is 0 Å². The summed E-state index contributed by atoms with van der Waals surface area (Å²) in [6.07, 6.45) is 0. The molecular formula is C17H15N2+. The van der Waals surface area contributed by atoms with Crippen LogP contribution in [0, 0.1) is 6.92 Å². The Bertz CT molecular complexity index is 932. The zero-order chi connectivity index (χ0) is 13.0. The van der Waals surface area contributed by atoms with Crippen molar-refractivity contribution in [1.82, 2.24) is 4.98 Å². The van der Waals surface area contributed by atoms with Crippen molar-refractivity contribution in [3.05, 3.63) is 54.4 Å². The lowest BCUT2D eigenvalue weighted by Crippen LogP contribution is -2.29. The summed E-state index contributed by atoms with van der Waals surface area (Å²) in [6, 6.07) is 17.4. The maximum atomic E-state index is 3.52. The predicted molar refractivity (Wildman–Crippen MR) is 79.2 cm³/mol. The molecule has 1 N–H and O–H groups in total. The Balaban J connectivity index is 2.36. The molecular weight excluding hydrogens is 232 g/mol. The van der Waals surface area contributed by atoms with E-state index >= 15 is 0 Å². The smallest absolute Gasteiger partial charge is 0.241 e. The Labute approximate surface area is 111 Å². The maximum absolute atomic E-state index is 3.52. The van der Waals surface area contributed by atoms with Crippen LogP contribution in [0.1, 0.15) is 5.82 Å². The van der Waals surface area contributed by atoms with E-state index in [1.54, 1.807) is 0 Å². The number of nitrogens with zero attached hydrogens (tertiary/aromatic N) is 1. The summed E-state index contributed by atoms with van der Waals surface area (Å²) >= 11 is 0. The van der Waals surface area contributed by atoms with Crippen molar-refractivity contribution in [2.75, 3.05) is 0 Å². The summed E-state index contributed by atoms with van der Waals surface area (Å²) < 4.78 is 2.20. The number of rotatable bonds is 0. The molecule has 0 aliphatic heterocycles. The first kappa shape index (κ1) is 10.6. The Morgan fingerprint density at radius 2 is 1.63 bits per heavy atom. The molecule has 0 bridgehead atoms. The number of H-pyrrole nitrogens is 1. The van der Waals surface area contributed by atoms with Gasteiger partial charge in [0.1, 0.15) is 0 Å². The SMILES string of the molecule is Cc1[nH]c2c3c(ccc4ccccc43)ccc2[n+]1C. The third-order valence-electron chi connectivity index (χ3n) is 4.06. The van der Waals surface area contributed by atoms with Gasteiger partial charge in [0.2, 0.25) is 0 Å². The van der Waals surface area contributed by atoms with Crippen LogP contribution in [0.25, 0.3) is 32.6 Å². The summed E-state index contributed by atoms with van der Waals surface area (Å²) in [5.74, 6) is 1.18. The van der Waals surface area contributed by atoms with Crippen LogP contribution < -0.4 is 4.57 Å². The Morgan fingerprint density at radius 1 is 0.895 bits per heavy atom. The van der Waals surface area contributed by atoms with Crippen LogP contribution in [0.4, 0.5) is 0 Å². The molecule has 1 aromatic heterocycles. The first-order valence-corrected chi connectivity index (χ1v) is 6.54. The van der Waals surface area contributed by atoms with E-state index in [0.29, 0.717) is 0 Å². The highest BCUT2D eigenvalue weighted by atomic mass is 15.0. The molecule has 2 heteroatoms. The first-order valence-electron chi connectivity index (χ1n) is 6.54. The molecule has 2 nitrogen and oxygen atoms in total. The number of hydrogen-bond donors (Lipinski definition) is 1. The summed E-state index contributed by atoms with van der Waals surface area (Å²) in [7, 11) is 2.10. The molecule has 0 spiro atoms. The standard InChI is InChI=1S/C17H14N2/c1-11-18-17-15(19(11)2)10-9-13-8-7-12-5-3-4-6-14(12)16(13)17/h3-10H,1-2H3/p+1. The van der Waals surface area contributed by atoms with Gasteiger partial charge in [-0.3, -0.25) is 0 Å². The summed E-state index contributed by atoms with van der Waals surface area (Å²) in [6.45, 7) is 2.11. The lowest BCUT2D eigenvalue weighted by atomic mass is 10.0. The molecule has 0 saturated heterocycles. The molecule has 0 aliphatic carbocycles. The highest BCUT2D eigenvalue weighted by Gasteiger charge is 2.15. The largest absolute Gasteiger partial charge is 0.251 e. The fraction of sp³-hybridized carbons (Fsp3) is 0.118. The topological polar surface area (TPSA) is 19.7 Å². The van der Waals surface area contributed by atoms with Crippen LogP contribution in [-0.2, 0) is 7.05 Å². The van der Waals surface area contributed by atoms with Gasteiger partial charge in [0.25, 0.3) is 5.82 Å². The van der Waals surface area contributed by atoms with E-state index in [1.165, 1.54) is 38.4 Å². The van der Waals surface area contributed by atoms with E-state index in [1.807, 2.05) is 0 Å². The fourth-order valence-electron chi connectivity index (χ4n) is 2.94. The second-order valence-corrected chi connectivity index (χ2v) is 5.11. The average Bonchev–Trinajstić information content (AvgIpc) is 2.74.